The summed E-state index contributed by atoms with van der Waals surface area (Å²) in [7, 11) is 0. The van der Waals surface area contributed by atoms with Gasteiger partial charge in [-0.1, -0.05) is 19.1 Å². The fraction of sp³-hybridized carbons (Fsp3) is 0.333. The van der Waals surface area contributed by atoms with Crippen LogP contribution in [0.15, 0.2) is 41.8 Å². The summed E-state index contributed by atoms with van der Waals surface area (Å²) >= 11 is 1.62. The largest absolute Gasteiger partial charge is 0.488 e. The Morgan fingerprint density at radius 3 is 2.79 bits per heavy atom. The summed E-state index contributed by atoms with van der Waals surface area (Å²) in [6.07, 6.45) is 0. The molecule has 6 heteroatoms. The van der Waals surface area contributed by atoms with Gasteiger partial charge in [-0.05, 0) is 35.6 Å². The third-order valence-electron chi connectivity index (χ3n) is 4.26. The standard InChI is InChI=1S/C18H19NO4S/c1-12-9-19(10-16(12)18(21)22)17(20)13-4-2-5-14(8-13)23-11-15-6-3-7-24-15/h2-8,12,16H,9-11H2,1H3,(H,21,22)/t12-,16-/m1/s1. The van der Waals surface area contributed by atoms with Gasteiger partial charge in [0.25, 0.3) is 5.91 Å². The fourth-order valence-electron chi connectivity index (χ4n) is 2.90. The second-order valence-electron chi connectivity index (χ2n) is 6.03. The number of thiophene rings is 1. The minimum absolute atomic E-state index is 0.0373. The maximum atomic E-state index is 12.6. The minimum atomic E-state index is -0.842. The number of nitrogens with zero attached hydrogens (tertiary/aromatic N) is 1. The lowest BCUT2D eigenvalue weighted by Crippen LogP contribution is -2.29. The van der Waals surface area contributed by atoms with Gasteiger partial charge in [0, 0.05) is 23.5 Å². The Bertz CT molecular complexity index is 728. The van der Waals surface area contributed by atoms with Gasteiger partial charge in [0.15, 0.2) is 0 Å². The molecule has 1 aromatic heterocycles. The molecule has 1 aliphatic heterocycles. The molecule has 24 heavy (non-hydrogen) atoms. The SMILES string of the molecule is C[C@@H]1CN(C(=O)c2cccc(OCc3cccs3)c2)C[C@H]1C(=O)O. The van der Waals surface area contributed by atoms with Crippen molar-refractivity contribution in [3.63, 3.8) is 0 Å². The van der Waals surface area contributed by atoms with Crippen molar-refractivity contribution in [2.24, 2.45) is 11.8 Å². The van der Waals surface area contributed by atoms with Gasteiger partial charge in [0.05, 0.1) is 5.92 Å². The predicted molar refractivity (Wildman–Crippen MR) is 91.3 cm³/mol. The number of benzene rings is 1. The second kappa shape index (κ2) is 7.05. The first-order chi connectivity index (χ1) is 11.5. The van der Waals surface area contributed by atoms with Crippen LogP contribution in [0.4, 0.5) is 0 Å². The Balaban J connectivity index is 1.67. The molecule has 0 bridgehead atoms. The maximum absolute atomic E-state index is 12.6. The number of carbonyl (C=O) groups is 2. The average Bonchev–Trinajstić information content (AvgIpc) is 3.22. The first-order valence-corrected chi connectivity index (χ1v) is 8.70. The molecule has 5 nitrogen and oxygen atoms in total. The molecule has 1 fully saturated rings. The Morgan fingerprint density at radius 2 is 2.12 bits per heavy atom. The first kappa shape index (κ1) is 16.5. The van der Waals surface area contributed by atoms with Crippen LogP contribution in [0.25, 0.3) is 0 Å². The van der Waals surface area contributed by atoms with Crippen LogP contribution >= 0.6 is 11.3 Å². The number of likely N-dealkylation sites (tertiary alicyclic amines) is 1. The monoisotopic (exact) mass is 345 g/mol. The Morgan fingerprint density at radius 1 is 1.29 bits per heavy atom. The number of rotatable bonds is 5. The smallest absolute Gasteiger partial charge is 0.308 e. The summed E-state index contributed by atoms with van der Waals surface area (Å²) in [5.41, 5.74) is 0.525. The van der Waals surface area contributed by atoms with Gasteiger partial charge < -0.3 is 14.7 Å². The van der Waals surface area contributed by atoms with Gasteiger partial charge >= 0.3 is 5.97 Å². The van der Waals surface area contributed by atoms with Crippen molar-refractivity contribution in [2.75, 3.05) is 13.1 Å². The topological polar surface area (TPSA) is 66.8 Å². The highest BCUT2D eigenvalue weighted by Crippen LogP contribution is 2.26. The molecular formula is C18H19NO4S. The van der Waals surface area contributed by atoms with Crippen molar-refractivity contribution < 1.29 is 19.4 Å². The fourth-order valence-corrected chi connectivity index (χ4v) is 3.52. The van der Waals surface area contributed by atoms with Crippen LogP contribution in [0, 0.1) is 11.8 Å². The van der Waals surface area contributed by atoms with Crippen molar-refractivity contribution in [1.82, 2.24) is 4.90 Å². The second-order valence-corrected chi connectivity index (χ2v) is 7.06. The van der Waals surface area contributed by atoms with Crippen LogP contribution < -0.4 is 4.74 Å². The average molecular weight is 345 g/mol. The maximum Gasteiger partial charge on any atom is 0.308 e. The number of hydrogen-bond acceptors (Lipinski definition) is 4. The lowest BCUT2D eigenvalue weighted by atomic mass is 9.99. The van der Waals surface area contributed by atoms with E-state index >= 15 is 0 Å². The van der Waals surface area contributed by atoms with Crippen LogP contribution in [-0.2, 0) is 11.4 Å². The molecule has 0 unspecified atom stereocenters. The molecule has 1 N–H and O–H groups in total. The first-order valence-electron chi connectivity index (χ1n) is 7.82. The van der Waals surface area contributed by atoms with Crippen LogP contribution in [0.2, 0.25) is 0 Å². The Hall–Kier alpha value is -2.34. The van der Waals surface area contributed by atoms with Gasteiger partial charge in [0.1, 0.15) is 12.4 Å². The third kappa shape index (κ3) is 3.59. The van der Waals surface area contributed by atoms with Gasteiger partial charge in [-0.15, -0.1) is 11.3 Å². The number of ether oxygens (including phenoxy) is 1. The normalized spacial score (nSPS) is 20.1. The molecular weight excluding hydrogens is 326 g/mol. The van der Waals surface area contributed by atoms with Crippen molar-refractivity contribution >= 4 is 23.2 Å². The highest BCUT2D eigenvalue weighted by molar-refractivity contribution is 7.09. The zero-order valence-corrected chi connectivity index (χ0v) is 14.2. The molecule has 3 rings (SSSR count). The van der Waals surface area contributed by atoms with E-state index in [1.807, 2.05) is 30.5 Å². The molecule has 126 valence electrons. The molecule has 2 heterocycles. The van der Waals surface area contributed by atoms with E-state index in [1.54, 1.807) is 34.4 Å². The highest BCUT2D eigenvalue weighted by atomic mass is 32.1. The highest BCUT2D eigenvalue weighted by Gasteiger charge is 2.37. The summed E-state index contributed by atoms with van der Waals surface area (Å²) in [6, 6.07) is 11.0. The van der Waals surface area contributed by atoms with Crippen LogP contribution in [0.3, 0.4) is 0 Å². The summed E-state index contributed by atoms with van der Waals surface area (Å²) in [5, 5.41) is 11.2. The van der Waals surface area contributed by atoms with E-state index in [1.165, 1.54) is 0 Å². The van der Waals surface area contributed by atoms with E-state index in [0.717, 1.165) is 4.88 Å². The summed E-state index contributed by atoms with van der Waals surface area (Å²) in [6.45, 7) is 3.06. The zero-order chi connectivity index (χ0) is 17.1. The summed E-state index contributed by atoms with van der Waals surface area (Å²) in [4.78, 5) is 26.6. The van der Waals surface area contributed by atoms with E-state index in [-0.39, 0.29) is 18.4 Å². The van der Waals surface area contributed by atoms with E-state index in [9.17, 15) is 14.7 Å². The molecule has 2 atom stereocenters. The lowest BCUT2D eigenvalue weighted by molar-refractivity contribution is -0.142. The quantitative estimate of drug-likeness (QED) is 0.904. The minimum Gasteiger partial charge on any atom is -0.488 e. The number of carboxylic acid groups (broad SMARTS) is 1. The number of hydrogen-bond donors (Lipinski definition) is 1. The van der Waals surface area contributed by atoms with E-state index in [2.05, 4.69) is 0 Å². The van der Waals surface area contributed by atoms with E-state index < -0.39 is 11.9 Å². The molecule has 1 amide bonds. The number of amides is 1. The van der Waals surface area contributed by atoms with Crippen molar-refractivity contribution in [3.05, 3.63) is 52.2 Å². The van der Waals surface area contributed by atoms with Gasteiger partial charge in [-0.3, -0.25) is 9.59 Å². The molecule has 0 spiro atoms. The predicted octanol–water partition coefficient (Wildman–Crippen LogP) is 3.12. The molecule has 1 aliphatic rings. The molecule has 1 aromatic carbocycles. The van der Waals surface area contributed by atoms with E-state index in [4.69, 9.17) is 4.74 Å². The van der Waals surface area contributed by atoms with Gasteiger partial charge in [0.2, 0.25) is 0 Å². The van der Waals surface area contributed by atoms with Gasteiger partial charge in [-0.25, -0.2) is 0 Å². The summed E-state index contributed by atoms with van der Waals surface area (Å²) < 4.78 is 5.73. The van der Waals surface area contributed by atoms with Crippen LogP contribution in [-0.4, -0.2) is 35.0 Å². The van der Waals surface area contributed by atoms with Crippen molar-refractivity contribution in [3.8, 4) is 5.75 Å². The Labute approximate surface area is 144 Å². The van der Waals surface area contributed by atoms with Crippen molar-refractivity contribution in [1.29, 1.82) is 0 Å². The number of aliphatic carboxylic acids is 1. The molecule has 0 aliphatic carbocycles. The van der Waals surface area contributed by atoms with Crippen LogP contribution in [0.5, 0.6) is 5.75 Å². The Kier molecular flexibility index (Phi) is 4.85. The molecule has 0 saturated carbocycles. The molecule has 0 radical (unpaired) electrons. The van der Waals surface area contributed by atoms with Crippen LogP contribution in [0.1, 0.15) is 22.2 Å². The molecule has 1 saturated heterocycles. The van der Waals surface area contributed by atoms with Gasteiger partial charge in [-0.2, -0.15) is 0 Å². The number of carbonyl (C=O) groups excluding carboxylic acids is 1. The van der Waals surface area contributed by atoms with E-state index in [0.29, 0.717) is 24.5 Å². The van der Waals surface area contributed by atoms with Crippen molar-refractivity contribution in [2.45, 2.75) is 13.5 Å². The third-order valence-corrected chi connectivity index (χ3v) is 5.11. The lowest BCUT2D eigenvalue weighted by Gasteiger charge is -2.16. The molecule has 2 aromatic rings. The zero-order valence-electron chi connectivity index (χ0n) is 13.3. The summed E-state index contributed by atoms with van der Waals surface area (Å²) in [5.74, 6) is -0.883. The number of carboxylic acids is 1.